The lowest BCUT2D eigenvalue weighted by Gasteiger charge is -2.21. The third-order valence-corrected chi connectivity index (χ3v) is 3.30. The average Bonchev–Trinajstić information content (AvgIpc) is 2.52. The van der Waals surface area contributed by atoms with E-state index in [0.29, 0.717) is 12.3 Å². The van der Waals surface area contributed by atoms with Crippen LogP contribution in [0, 0.1) is 0 Å². The molecule has 0 saturated carbocycles. The van der Waals surface area contributed by atoms with E-state index in [0.717, 1.165) is 12.2 Å². The van der Waals surface area contributed by atoms with Crippen LogP contribution in [0.5, 0.6) is 0 Å². The lowest BCUT2D eigenvalue weighted by Crippen LogP contribution is -2.27. The van der Waals surface area contributed by atoms with Crippen LogP contribution in [-0.2, 0) is 4.79 Å². The van der Waals surface area contributed by atoms with Crippen molar-refractivity contribution in [3.8, 4) is 0 Å². The molecule has 0 aliphatic carbocycles. The van der Waals surface area contributed by atoms with Crippen molar-refractivity contribution >= 4 is 35.3 Å². The Labute approximate surface area is 93.3 Å². The number of hydrogen-bond donors (Lipinski definition) is 2. The van der Waals surface area contributed by atoms with Gasteiger partial charge in [-0.3, -0.25) is 4.79 Å². The lowest BCUT2D eigenvalue weighted by molar-refractivity contribution is -0.116. The first-order valence-corrected chi connectivity index (χ1v) is 5.21. The van der Waals surface area contributed by atoms with E-state index in [1.165, 1.54) is 4.88 Å². The molecule has 1 aromatic heterocycles. The molecule has 5 heteroatoms. The number of rotatable bonds is 2. The summed E-state index contributed by atoms with van der Waals surface area (Å²) in [6, 6.07) is 1.97. The number of carbonyl (C=O) groups excluding carboxylic acids is 1. The molecule has 2 heterocycles. The highest BCUT2D eigenvalue weighted by Gasteiger charge is 2.25. The molecule has 2 rings (SSSR count). The molecule has 0 aromatic carbocycles. The third-order valence-electron chi connectivity index (χ3n) is 2.22. The first-order valence-electron chi connectivity index (χ1n) is 4.33. The van der Waals surface area contributed by atoms with Crippen molar-refractivity contribution in [1.82, 2.24) is 5.32 Å². The summed E-state index contributed by atoms with van der Waals surface area (Å²) in [5, 5.41) is 8.01. The van der Waals surface area contributed by atoms with Crippen molar-refractivity contribution in [2.45, 2.75) is 12.3 Å². The Hall–Kier alpha value is -0.580. The van der Waals surface area contributed by atoms with Crippen molar-refractivity contribution < 1.29 is 4.79 Å². The van der Waals surface area contributed by atoms with Gasteiger partial charge in [0.05, 0.1) is 5.69 Å². The fourth-order valence-corrected chi connectivity index (χ4v) is 2.63. The molecular weight excluding hydrogens is 220 g/mol. The molecule has 0 radical (unpaired) electrons. The minimum atomic E-state index is 0. The SMILES string of the molecule is CNCC1CC(=O)Nc2ccsc21.Cl. The smallest absolute Gasteiger partial charge is 0.225 e. The molecule has 1 aromatic rings. The number of likely N-dealkylation sites (N-methyl/N-ethyl adjacent to an activating group) is 1. The molecule has 2 N–H and O–H groups in total. The Kier molecular flexibility index (Phi) is 3.92. The molecule has 1 amide bonds. The summed E-state index contributed by atoms with van der Waals surface area (Å²) in [7, 11) is 1.92. The number of fused-ring (bicyclic) bond motifs is 1. The van der Waals surface area contributed by atoms with E-state index < -0.39 is 0 Å². The summed E-state index contributed by atoms with van der Waals surface area (Å²) in [4.78, 5) is 12.6. The molecular formula is C9H13ClN2OS. The van der Waals surface area contributed by atoms with Crippen molar-refractivity contribution in [3.05, 3.63) is 16.3 Å². The summed E-state index contributed by atoms with van der Waals surface area (Å²) in [6.07, 6.45) is 0.606. The first kappa shape index (κ1) is 11.5. The van der Waals surface area contributed by atoms with Crippen LogP contribution in [0.2, 0.25) is 0 Å². The zero-order valence-electron chi connectivity index (χ0n) is 7.87. The maximum atomic E-state index is 11.3. The van der Waals surface area contributed by atoms with Gasteiger partial charge in [-0.1, -0.05) is 0 Å². The van der Waals surface area contributed by atoms with Crippen LogP contribution in [0.4, 0.5) is 5.69 Å². The van der Waals surface area contributed by atoms with Gasteiger partial charge in [0.2, 0.25) is 5.91 Å². The van der Waals surface area contributed by atoms with E-state index in [4.69, 9.17) is 0 Å². The standard InChI is InChI=1S/C9H12N2OS.ClH/c1-10-5-6-4-8(12)11-7-2-3-13-9(6)7;/h2-3,6,10H,4-5H2,1H3,(H,11,12);1H. The molecule has 0 fully saturated rings. The third kappa shape index (κ3) is 2.08. The van der Waals surface area contributed by atoms with Crippen LogP contribution in [-0.4, -0.2) is 19.5 Å². The Morgan fingerprint density at radius 3 is 3.21 bits per heavy atom. The number of halogens is 1. The largest absolute Gasteiger partial charge is 0.325 e. The van der Waals surface area contributed by atoms with Crippen LogP contribution in [0.25, 0.3) is 0 Å². The molecule has 1 aliphatic rings. The molecule has 78 valence electrons. The Bertz CT molecular complexity index is 326. The fourth-order valence-electron chi connectivity index (χ4n) is 1.67. The van der Waals surface area contributed by atoms with E-state index >= 15 is 0 Å². The normalized spacial score (nSPS) is 19.5. The van der Waals surface area contributed by atoms with Crippen LogP contribution in [0.15, 0.2) is 11.4 Å². The second kappa shape index (κ2) is 4.77. The van der Waals surface area contributed by atoms with Gasteiger partial charge in [-0.15, -0.1) is 23.7 Å². The highest BCUT2D eigenvalue weighted by atomic mass is 35.5. The van der Waals surface area contributed by atoms with Crippen LogP contribution >= 0.6 is 23.7 Å². The predicted octanol–water partition coefficient (Wildman–Crippen LogP) is 1.82. The van der Waals surface area contributed by atoms with Gasteiger partial charge in [-0.05, 0) is 18.5 Å². The van der Waals surface area contributed by atoms with Gasteiger partial charge in [0.1, 0.15) is 0 Å². The number of carbonyl (C=O) groups is 1. The molecule has 1 unspecified atom stereocenters. The minimum absolute atomic E-state index is 0. The quantitative estimate of drug-likeness (QED) is 0.817. The van der Waals surface area contributed by atoms with E-state index in [1.807, 2.05) is 18.5 Å². The van der Waals surface area contributed by atoms with Gasteiger partial charge in [0.15, 0.2) is 0 Å². The van der Waals surface area contributed by atoms with Gasteiger partial charge in [-0.25, -0.2) is 0 Å². The summed E-state index contributed by atoms with van der Waals surface area (Å²) in [5.41, 5.74) is 1.00. The van der Waals surface area contributed by atoms with Crippen molar-refractivity contribution in [2.75, 3.05) is 18.9 Å². The van der Waals surface area contributed by atoms with Crippen molar-refractivity contribution in [3.63, 3.8) is 0 Å². The van der Waals surface area contributed by atoms with Crippen molar-refractivity contribution in [2.24, 2.45) is 0 Å². The molecule has 14 heavy (non-hydrogen) atoms. The zero-order chi connectivity index (χ0) is 9.26. The molecule has 3 nitrogen and oxygen atoms in total. The van der Waals surface area contributed by atoms with Crippen LogP contribution < -0.4 is 10.6 Å². The molecule has 1 aliphatic heterocycles. The summed E-state index contributed by atoms with van der Waals surface area (Å²) >= 11 is 1.72. The topological polar surface area (TPSA) is 41.1 Å². The van der Waals surface area contributed by atoms with Gasteiger partial charge >= 0.3 is 0 Å². The second-order valence-electron chi connectivity index (χ2n) is 3.21. The maximum Gasteiger partial charge on any atom is 0.225 e. The number of amides is 1. The fraction of sp³-hybridized carbons (Fsp3) is 0.444. The number of nitrogens with one attached hydrogen (secondary N) is 2. The highest BCUT2D eigenvalue weighted by molar-refractivity contribution is 7.10. The highest BCUT2D eigenvalue weighted by Crippen LogP contribution is 2.35. The average molecular weight is 233 g/mol. The molecule has 0 saturated heterocycles. The van der Waals surface area contributed by atoms with E-state index in [-0.39, 0.29) is 18.3 Å². The molecule has 0 bridgehead atoms. The Balaban J connectivity index is 0.000000980. The summed E-state index contributed by atoms with van der Waals surface area (Å²) < 4.78 is 0. The monoisotopic (exact) mass is 232 g/mol. The maximum absolute atomic E-state index is 11.3. The number of hydrogen-bond acceptors (Lipinski definition) is 3. The predicted molar refractivity (Wildman–Crippen MR) is 61.5 cm³/mol. The van der Waals surface area contributed by atoms with Gasteiger partial charge in [0.25, 0.3) is 0 Å². The van der Waals surface area contributed by atoms with E-state index in [9.17, 15) is 4.79 Å². The van der Waals surface area contributed by atoms with E-state index in [2.05, 4.69) is 10.6 Å². The van der Waals surface area contributed by atoms with Crippen LogP contribution in [0.1, 0.15) is 17.2 Å². The summed E-state index contributed by atoms with van der Waals surface area (Å²) in [5.74, 6) is 0.486. The number of thiophene rings is 1. The van der Waals surface area contributed by atoms with Crippen molar-refractivity contribution in [1.29, 1.82) is 0 Å². The zero-order valence-corrected chi connectivity index (χ0v) is 9.50. The Morgan fingerprint density at radius 1 is 1.71 bits per heavy atom. The van der Waals surface area contributed by atoms with Gasteiger partial charge in [-0.2, -0.15) is 0 Å². The number of anilines is 1. The minimum Gasteiger partial charge on any atom is -0.325 e. The molecule has 1 atom stereocenters. The summed E-state index contributed by atoms with van der Waals surface area (Å²) in [6.45, 7) is 0.876. The van der Waals surface area contributed by atoms with E-state index in [1.54, 1.807) is 11.3 Å². The molecule has 0 spiro atoms. The lowest BCUT2D eigenvalue weighted by atomic mass is 9.99. The van der Waals surface area contributed by atoms with Crippen LogP contribution in [0.3, 0.4) is 0 Å². The first-order chi connectivity index (χ1) is 6.31. The second-order valence-corrected chi connectivity index (χ2v) is 4.15. The van der Waals surface area contributed by atoms with Gasteiger partial charge in [0, 0.05) is 23.8 Å². The Morgan fingerprint density at radius 2 is 2.50 bits per heavy atom. The van der Waals surface area contributed by atoms with Gasteiger partial charge < -0.3 is 10.6 Å².